The molecular weight excluding hydrogens is 168 g/mol. The summed E-state index contributed by atoms with van der Waals surface area (Å²) >= 11 is 6.27. The number of thiazole rings is 1. The normalized spacial score (nSPS) is 9.80. The first-order valence-electron chi connectivity index (χ1n) is 2.70. The van der Waals surface area contributed by atoms with Gasteiger partial charge in [0.2, 0.25) is 5.88 Å². The Morgan fingerprint density at radius 1 is 1.70 bits per heavy atom. The van der Waals surface area contributed by atoms with Gasteiger partial charge in [-0.3, -0.25) is 0 Å². The van der Waals surface area contributed by atoms with Gasteiger partial charge in [0, 0.05) is 14.1 Å². The predicted molar refractivity (Wildman–Crippen MR) is 44.9 cm³/mol. The molecule has 0 fully saturated rings. The molecule has 3 nitrogen and oxygen atoms in total. The summed E-state index contributed by atoms with van der Waals surface area (Å²) < 4.78 is 2.21. The standard InChI is InChI=1S/C5H8N2OS2/c1-6(2)7-4(8)3-10-5(7)9/h3,8H,1-2H3. The highest BCUT2D eigenvalue weighted by molar-refractivity contribution is 7.73. The zero-order chi connectivity index (χ0) is 7.72. The third kappa shape index (κ3) is 1.15. The summed E-state index contributed by atoms with van der Waals surface area (Å²) in [4.78, 5) is 0. The van der Waals surface area contributed by atoms with Gasteiger partial charge in [-0.15, -0.1) is 11.3 Å². The van der Waals surface area contributed by atoms with Crippen LogP contribution in [-0.2, 0) is 0 Å². The van der Waals surface area contributed by atoms with E-state index in [0.29, 0.717) is 3.95 Å². The Morgan fingerprint density at radius 2 is 2.30 bits per heavy atom. The van der Waals surface area contributed by atoms with Gasteiger partial charge >= 0.3 is 0 Å². The fraction of sp³-hybridized carbons (Fsp3) is 0.400. The van der Waals surface area contributed by atoms with Gasteiger partial charge in [-0.2, -0.15) is 0 Å². The summed E-state index contributed by atoms with van der Waals surface area (Å²) in [5, 5.41) is 12.5. The van der Waals surface area contributed by atoms with Crippen molar-refractivity contribution in [3.8, 4) is 5.88 Å². The maximum absolute atomic E-state index is 9.17. The molecule has 1 N–H and O–H groups in total. The van der Waals surface area contributed by atoms with Gasteiger partial charge in [0.25, 0.3) is 0 Å². The van der Waals surface area contributed by atoms with E-state index in [-0.39, 0.29) is 5.88 Å². The molecule has 0 atom stereocenters. The van der Waals surface area contributed by atoms with Crippen LogP contribution in [0.4, 0.5) is 0 Å². The number of rotatable bonds is 1. The highest BCUT2D eigenvalue weighted by atomic mass is 32.1. The van der Waals surface area contributed by atoms with E-state index in [0.717, 1.165) is 0 Å². The van der Waals surface area contributed by atoms with E-state index in [9.17, 15) is 0 Å². The average Bonchev–Trinajstić information content (AvgIpc) is 2.11. The maximum atomic E-state index is 9.17. The first-order valence-corrected chi connectivity index (χ1v) is 3.99. The van der Waals surface area contributed by atoms with Crippen molar-refractivity contribution in [2.45, 2.75) is 0 Å². The Kier molecular flexibility index (Phi) is 1.96. The summed E-state index contributed by atoms with van der Waals surface area (Å²) in [5.74, 6) is 0.194. The number of aromatic hydroxyl groups is 1. The quantitative estimate of drug-likeness (QED) is 0.651. The molecular formula is C5H8N2OS2. The van der Waals surface area contributed by atoms with E-state index < -0.39 is 0 Å². The number of nitrogens with zero attached hydrogens (tertiary/aromatic N) is 2. The summed E-state index contributed by atoms with van der Waals surface area (Å²) in [5.41, 5.74) is 0. The van der Waals surface area contributed by atoms with E-state index in [1.165, 1.54) is 11.3 Å². The largest absolute Gasteiger partial charge is 0.493 e. The third-order valence-corrected chi connectivity index (χ3v) is 2.22. The van der Waals surface area contributed by atoms with Crippen LogP contribution in [0.25, 0.3) is 0 Å². The van der Waals surface area contributed by atoms with Gasteiger partial charge in [-0.25, -0.2) is 4.68 Å². The highest BCUT2D eigenvalue weighted by Gasteiger charge is 2.01. The number of hydrogen-bond donors (Lipinski definition) is 1. The molecule has 1 rings (SSSR count). The molecule has 1 aromatic heterocycles. The molecule has 5 heteroatoms. The number of hydrogen-bond acceptors (Lipinski definition) is 4. The van der Waals surface area contributed by atoms with Gasteiger partial charge in [0.05, 0.1) is 5.38 Å². The zero-order valence-corrected chi connectivity index (χ0v) is 7.37. The molecule has 10 heavy (non-hydrogen) atoms. The average molecular weight is 176 g/mol. The van der Waals surface area contributed by atoms with Crippen molar-refractivity contribution >= 4 is 23.6 Å². The second-order valence-corrected chi connectivity index (χ2v) is 3.52. The van der Waals surface area contributed by atoms with Crippen molar-refractivity contribution in [3.63, 3.8) is 0 Å². The van der Waals surface area contributed by atoms with Gasteiger partial charge in [0.1, 0.15) is 0 Å². The summed E-state index contributed by atoms with van der Waals surface area (Å²) in [6.07, 6.45) is 0. The van der Waals surface area contributed by atoms with E-state index in [4.69, 9.17) is 17.3 Å². The summed E-state index contributed by atoms with van der Waals surface area (Å²) in [7, 11) is 3.64. The van der Waals surface area contributed by atoms with Crippen molar-refractivity contribution in [2.75, 3.05) is 19.1 Å². The molecule has 0 amide bonds. The van der Waals surface area contributed by atoms with Crippen LogP contribution in [0, 0.1) is 3.95 Å². The summed E-state index contributed by atoms with van der Waals surface area (Å²) in [6.45, 7) is 0. The minimum Gasteiger partial charge on any atom is -0.493 e. The van der Waals surface area contributed by atoms with Crippen LogP contribution in [0.5, 0.6) is 5.88 Å². The van der Waals surface area contributed by atoms with Gasteiger partial charge in [-0.1, -0.05) is 0 Å². The molecule has 0 aliphatic carbocycles. The van der Waals surface area contributed by atoms with Crippen LogP contribution in [0.1, 0.15) is 0 Å². The number of aromatic nitrogens is 1. The lowest BCUT2D eigenvalue weighted by molar-refractivity contribution is 0.419. The second kappa shape index (κ2) is 2.59. The summed E-state index contributed by atoms with van der Waals surface area (Å²) in [6, 6.07) is 0. The Labute approximate surface area is 68.1 Å². The van der Waals surface area contributed by atoms with Crippen LogP contribution in [0.2, 0.25) is 0 Å². The van der Waals surface area contributed by atoms with Crippen LogP contribution in [0.3, 0.4) is 0 Å². The molecule has 0 aliphatic rings. The van der Waals surface area contributed by atoms with Crippen molar-refractivity contribution in [1.29, 1.82) is 0 Å². The predicted octanol–water partition coefficient (Wildman–Crippen LogP) is 1.18. The van der Waals surface area contributed by atoms with Crippen LogP contribution < -0.4 is 5.01 Å². The molecule has 0 aliphatic heterocycles. The van der Waals surface area contributed by atoms with Crippen LogP contribution >= 0.6 is 23.6 Å². The Balaban J connectivity index is 3.23. The van der Waals surface area contributed by atoms with Crippen molar-refractivity contribution in [2.24, 2.45) is 0 Å². The highest BCUT2D eigenvalue weighted by Crippen LogP contribution is 2.15. The van der Waals surface area contributed by atoms with Gasteiger partial charge in [-0.05, 0) is 12.2 Å². The van der Waals surface area contributed by atoms with Crippen molar-refractivity contribution < 1.29 is 5.11 Å². The topological polar surface area (TPSA) is 28.4 Å². The molecule has 0 aromatic carbocycles. The Bertz CT molecular complexity index is 275. The first kappa shape index (κ1) is 7.56. The molecule has 0 bridgehead atoms. The minimum atomic E-state index is 0.194. The first-order chi connectivity index (χ1) is 4.63. The van der Waals surface area contributed by atoms with Crippen LogP contribution in [-0.4, -0.2) is 23.9 Å². The van der Waals surface area contributed by atoms with Gasteiger partial charge in [0.15, 0.2) is 3.95 Å². The van der Waals surface area contributed by atoms with E-state index >= 15 is 0 Å². The fourth-order valence-corrected chi connectivity index (χ4v) is 1.73. The third-order valence-electron chi connectivity index (χ3n) is 1.06. The monoisotopic (exact) mass is 176 g/mol. The molecule has 0 spiro atoms. The van der Waals surface area contributed by atoms with Crippen molar-refractivity contribution in [3.05, 3.63) is 9.33 Å². The molecule has 1 aromatic rings. The second-order valence-electron chi connectivity index (χ2n) is 2.02. The molecule has 1 heterocycles. The van der Waals surface area contributed by atoms with Crippen molar-refractivity contribution in [1.82, 2.24) is 4.68 Å². The van der Waals surface area contributed by atoms with E-state index in [1.807, 2.05) is 14.1 Å². The van der Waals surface area contributed by atoms with Gasteiger partial charge < -0.3 is 10.1 Å². The maximum Gasteiger partial charge on any atom is 0.222 e. The van der Waals surface area contributed by atoms with E-state index in [2.05, 4.69) is 0 Å². The molecule has 0 saturated heterocycles. The fourth-order valence-electron chi connectivity index (χ4n) is 0.665. The van der Waals surface area contributed by atoms with Crippen LogP contribution in [0.15, 0.2) is 5.38 Å². The molecule has 56 valence electrons. The van der Waals surface area contributed by atoms with E-state index in [1.54, 1.807) is 15.1 Å². The lowest BCUT2D eigenvalue weighted by Gasteiger charge is -2.13. The lowest BCUT2D eigenvalue weighted by atomic mass is 10.9. The SMILES string of the molecule is CN(C)n1c(O)csc1=S. The Hall–Kier alpha value is -0.550. The zero-order valence-electron chi connectivity index (χ0n) is 5.74. The smallest absolute Gasteiger partial charge is 0.222 e. The molecule has 0 unspecified atom stereocenters. The minimum absolute atomic E-state index is 0.194. The Morgan fingerprint density at radius 3 is 2.50 bits per heavy atom. The lowest BCUT2D eigenvalue weighted by Crippen LogP contribution is -2.23. The molecule has 0 radical (unpaired) electrons. The molecule has 0 saturated carbocycles.